The van der Waals surface area contributed by atoms with Gasteiger partial charge in [-0.3, -0.25) is 0 Å². The molecule has 0 bridgehead atoms. The highest BCUT2D eigenvalue weighted by molar-refractivity contribution is 7.19. The Morgan fingerprint density at radius 1 is 0.321 bits per heavy atom. The van der Waals surface area contributed by atoms with Gasteiger partial charge in [0.2, 0.25) is 0 Å². The average Bonchev–Trinajstić information content (AvgIpc) is 3.67. The van der Waals surface area contributed by atoms with E-state index in [9.17, 15) is 0 Å². The molecule has 0 saturated heterocycles. The van der Waals surface area contributed by atoms with Crippen LogP contribution in [0.25, 0.3) is 67.2 Å². The molecule has 0 aliphatic rings. The summed E-state index contributed by atoms with van der Waals surface area (Å²) in [5.41, 5.74) is 6.62. The van der Waals surface area contributed by atoms with Crippen molar-refractivity contribution in [2.24, 2.45) is 0 Å². The average molecular weight is 734 g/mol. The number of aromatic nitrogens is 3. The first-order valence-electron chi connectivity index (χ1n) is 18.9. The van der Waals surface area contributed by atoms with Crippen LogP contribution in [0.1, 0.15) is 0 Å². The van der Waals surface area contributed by atoms with Gasteiger partial charge in [-0.15, -0.1) is 0 Å². The third kappa shape index (κ3) is 5.82. The van der Waals surface area contributed by atoms with Crippen LogP contribution in [0.15, 0.2) is 217 Å². The zero-order chi connectivity index (χ0) is 37.3. The van der Waals surface area contributed by atoms with Crippen LogP contribution in [0.5, 0.6) is 0 Å². The predicted octanol–water partition coefficient (Wildman–Crippen LogP) is 9.82. The van der Waals surface area contributed by atoms with Gasteiger partial charge < -0.3 is 4.42 Å². The van der Waals surface area contributed by atoms with Crippen molar-refractivity contribution in [3.8, 4) is 45.3 Å². The number of rotatable bonds is 8. The van der Waals surface area contributed by atoms with Gasteiger partial charge in [0.1, 0.15) is 11.2 Å². The largest absolute Gasteiger partial charge is 0.456 e. The maximum Gasteiger partial charge on any atom is 0.179 e. The molecule has 8 aromatic carbocycles. The monoisotopic (exact) mass is 733 g/mol. The lowest BCUT2D eigenvalue weighted by Crippen LogP contribution is -2.74. The minimum atomic E-state index is -2.71. The summed E-state index contributed by atoms with van der Waals surface area (Å²) in [7, 11) is -2.71. The number of hydrogen-bond donors (Lipinski definition) is 0. The van der Waals surface area contributed by atoms with Gasteiger partial charge in [0.25, 0.3) is 0 Å². The smallest absolute Gasteiger partial charge is 0.179 e. The summed E-state index contributed by atoms with van der Waals surface area (Å²) in [6, 6.07) is 75.1. The first-order valence-corrected chi connectivity index (χ1v) is 20.9. The molecule has 264 valence electrons. The predicted molar refractivity (Wildman–Crippen MR) is 232 cm³/mol. The summed E-state index contributed by atoms with van der Waals surface area (Å²) in [5, 5.41) is 7.35. The molecule has 0 saturated carbocycles. The standard InChI is InChI=1S/C51H35N3OSi/c1-6-18-36(19-7-1)49-52-50(37-20-8-2-9-21-37)54-51(53-49)44-30-17-31-47-48(44)45-35-39(32-33-46(45)55-47)38-22-16-29-43(34-38)56(40-23-10-3-11-24-40,41-25-12-4-13-26-41)42-27-14-5-15-28-42/h1-35H. The number of benzene rings is 8. The van der Waals surface area contributed by atoms with Gasteiger partial charge in [-0.2, -0.15) is 0 Å². The highest BCUT2D eigenvalue weighted by Crippen LogP contribution is 2.38. The molecule has 10 rings (SSSR count). The Bertz CT molecular complexity index is 2800. The summed E-state index contributed by atoms with van der Waals surface area (Å²) in [4.78, 5) is 15.1. The Labute approximate surface area is 326 Å². The zero-order valence-electron chi connectivity index (χ0n) is 30.5. The van der Waals surface area contributed by atoms with Crippen LogP contribution >= 0.6 is 0 Å². The summed E-state index contributed by atoms with van der Waals surface area (Å²) < 4.78 is 6.52. The lowest BCUT2D eigenvalue weighted by molar-refractivity contribution is 0.669. The molecule has 0 fully saturated rings. The van der Waals surface area contributed by atoms with E-state index in [0.29, 0.717) is 17.5 Å². The van der Waals surface area contributed by atoms with Crippen LogP contribution in [0, 0.1) is 0 Å². The zero-order valence-corrected chi connectivity index (χ0v) is 31.5. The maximum absolute atomic E-state index is 6.52. The number of fused-ring (bicyclic) bond motifs is 3. The first kappa shape index (κ1) is 33.4. The Morgan fingerprint density at radius 3 is 1.32 bits per heavy atom. The second-order valence-corrected chi connectivity index (χ2v) is 17.8. The topological polar surface area (TPSA) is 51.8 Å². The fraction of sp³-hybridized carbons (Fsp3) is 0. The molecule has 10 aromatic rings. The molecule has 0 aliphatic carbocycles. The number of hydrogen-bond acceptors (Lipinski definition) is 4. The summed E-state index contributed by atoms with van der Waals surface area (Å²) in [6.07, 6.45) is 0. The van der Waals surface area contributed by atoms with Crippen molar-refractivity contribution in [1.29, 1.82) is 0 Å². The minimum absolute atomic E-state index is 0.600. The Kier molecular flexibility index (Phi) is 8.47. The molecule has 2 heterocycles. The Hall–Kier alpha value is -7.21. The minimum Gasteiger partial charge on any atom is -0.456 e. The van der Waals surface area contributed by atoms with Gasteiger partial charge in [0.05, 0.1) is 0 Å². The highest BCUT2D eigenvalue weighted by atomic mass is 28.3. The van der Waals surface area contributed by atoms with E-state index in [-0.39, 0.29) is 0 Å². The van der Waals surface area contributed by atoms with E-state index < -0.39 is 8.07 Å². The molecule has 0 aliphatic heterocycles. The van der Waals surface area contributed by atoms with Crippen LogP contribution in [0.3, 0.4) is 0 Å². The molecule has 0 atom stereocenters. The van der Waals surface area contributed by atoms with Gasteiger partial charge in [0.15, 0.2) is 25.5 Å². The summed E-state index contributed by atoms with van der Waals surface area (Å²) in [6.45, 7) is 0. The van der Waals surface area contributed by atoms with Crippen molar-refractivity contribution < 1.29 is 4.42 Å². The third-order valence-corrected chi connectivity index (χ3v) is 15.5. The normalized spacial score (nSPS) is 11.6. The highest BCUT2D eigenvalue weighted by Gasteiger charge is 2.41. The van der Waals surface area contributed by atoms with Crippen LogP contribution in [-0.4, -0.2) is 23.0 Å². The summed E-state index contributed by atoms with van der Waals surface area (Å²) >= 11 is 0. The van der Waals surface area contributed by atoms with Crippen molar-refractivity contribution in [2.75, 3.05) is 0 Å². The van der Waals surface area contributed by atoms with Crippen LogP contribution < -0.4 is 20.7 Å². The maximum atomic E-state index is 6.52. The van der Waals surface area contributed by atoms with Crippen molar-refractivity contribution in [1.82, 2.24) is 15.0 Å². The van der Waals surface area contributed by atoms with Gasteiger partial charge >= 0.3 is 0 Å². The fourth-order valence-corrected chi connectivity index (χ4v) is 12.9. The fourth-order valence-electron chi connectivity index (χ4n) is 8.12. The molecule has 0 spiro atoms. The van der Waals surface area contributed by atoms with Crippen molar-refractivity contribution in [2.45, 2.75) is 0 Å². The molecule has 0 amide bonds. The number of nitrogens with zero attached hydrogens (tertiary/aromatic N) is 3. The van der Waals surface area contributed by atoms with Crippen LogP contribution in [0.2, 0.25) is 0 Å². The molecule has 5 heteroatoms. The van der Waals surface area contributed by atoms with Crippen LogP contribution in [0.4, 0.5) is 0 Å². The second kappa shape index (κ2) is 14.2. The molecular weight excluding hydrogens is 699 g/mol. The van der Waals surface area contributed by atoms with Crippen molar-refractivity contribution >= 4 is 50.8 Å². The first-order chi connectivity index (χ1) is 27.8. The van der Waals surface area contributed by atoms with E-state index in [2.05, 4.69) is 140 Å². The Balaban J connectivity index is 1.16. The van der Waals surface area contributed by atoms with E-state index in [0.717, 1.165) is 49.8 Å². The second-order valence-electron chi connectivity index (χ2n) is 14.0. The molecule has 0 unspecified atom stereocenters. The summed E-state index contributed by atoms with van der Waals surface area (Å²) in [5.74, 6) is 1.85. The van der Waals surface area contributed by atoms with Gasteiger partial charge in [0, 0.05) is 27.5 Å². The van der Waals surface area contributed by atoms with E-state index in [4.69, 9.17) is 19.4 Å². The third-order valence-electron chi connectivity index (χ3n) is 10.7. The molecular formula is C51H35N3OSi. The van der Waals surface area contributed by atoms with Gasteiger partial charge in [-0.25, -0.2) is 15.0 Å². The van der Waals surface area contributed by atoms with E-state index in [1.807, 2.05) is 72.8 Å². The Morgan fingerprint density at radius 2 is 0.768 bits per heavy atom. The lowest BCUT2D eigenvalue weighted by Gasteiger charge is -2.34. The quantitative estimate of drug-likeness (QED) is 0.115. The molecule has 0 N–H and O–H groups in total. The molecule has 4 nitrogen and oxygen atoms in total. The van der Waals surface area contributed by atoms with Crippen molar-refractivity contribution in [3.63, 3.8) is 0 Å². The van der Waals surface area contributed by atoms with E-state index in [1.54, 1.807) is 0 Å². The van der Waals surface area contributed by atoms with E-state index in [1.165, 1.54) is 20.7 Å². The molecule has 0 radical (unpaired) electrons. The lowest BCUT2D eigenvalue weighted by atomic mass is 10.0. The SMILES string of the molecule is c1ccc(-c2nc(-c3ccccc3)nc(-c3cccc4oc5ccc(-c6cccc([Si](c7ccccc7)(c7ccccc7)c7ccccc7)c6)cc5c34)n2)cc1. The van der Waals surface area contributed by atoms with Gasteiger partial charge in [-0.05, 0) is 50.1 Å². The van der Waals surface area contributed by atoms with Crippen molar-refractivity contribution in [3.05, 3.63) is 212 Å². The molecule has 2 aromatic heterocycles. The number of furan rings is 1. The van der Waals surface area contributed by atoms with Gasteiger partial charge in [-0.1, -0.05) is 194 Å². The molecule has 56 heavy (non-hydrogen) atoms. The van der Waals surface area contributed by atoms with Crippen LogP contribution in [-0.2, 0) is 0 Å². The van der Waals surface area contributed by atoms with E-state index >= 15 is 0 Å².